The molecule has 0 radical (unpaired) electrons. The topological polar surface area (TPSA) is 50.7 Å². The minimum atomic E-state index is 0.125. The number of ether oxygens (including phenoxy) is 1. The van der Waals surface area contributed by atoms with Crippen molar-refractivity contribution < 1.29 is 14.7 Å². The minimum Gasteiger partial charge on any atom is -0.504 e. The van der Waals surface area contributed by atoms with E-state index >= 15 is 0 Å². The fourth-order valence-corrected chi connectivity index (χ4v) is 1.55. The van der Waals surface area contributed by atoms with Crippen molar-refractivity contribution in [2.45, 2.75) is 6.54 Å². The Hall–Kier alpha value is -0.780. The van der Waals surface area contributed by atoms with Gasteiger partial charge in [-0.15, -0.1) is 0 Å². The van der Waals surface area contributed by atoms with Crippen LogP contribution in [0.15, 0.2) is 16.6 Å². The SMILES string of the molecule is CONCc1cc(Br)cc(OC)c1O. The van der Waals surface area contributed by atoms with Crippen LogP contribution in [0.2, 0.25) is 0 Å². The number of hydrogen-bond donors (Lipinski definition) is 2. The van der Waals surface area contributed by atoms with Gasteiger partial charge >= 0.3 is 0 Å². The summed E-state index contributed by atoms with van der Waals surface area (Å²) in [4.78, 5) is 4.70. The molecule has 1 aromatic carbocycles. The number of phenols is 1. The predicted molar refractivity (Wildman–Crippen MR) is 56.2 cm³/mol. The van der Waals surface area contributed by atoms with E-state index in [2.05, 4.69) is 21.4 Å². The zero-order valence-electron chi connectivity index (χ0n) is 8.00. The van der Waals surface area contributed by atoms with Crippen molar-refractivity contribution in [3.8, 4) is 11.5 Å². The van der Waals surface area contributed by atoms with Crippen LogP contribution in [0.4, 0.5) is 0 Å². The number of benzene rings is 1. The third-order valence-electron chi connectivity index (χ3n) is 1.75. The average molecular weight is 262 g/mol. The van der Waals surface area contributed by atoms with Gasteiger partial charge in [0.05, 0.1) is 14.2 Å². The Kier molecular flexibility index (Phi) is 4.19. The van der Waals surface area contributed by atoms with Gasteiger partial charge in [-0.1, -0.05) is 15.9 Å². The fraction of sp³-hybridized carbons (Fsp3) is 0.333. The van der Waals surface area contributed by atoms with E-state index in [0.29, 0.717) is 17.9 Å². The molecule has 1 rings (SSSR count). The van der Waals surface area contributed by atoms with Gasteiger partial charge in [-0.25, -0.2) is 0 Å². The first kappa shape index (κ1) is 11.3. The lowest BCUT2D eigenvalue weighted by Gasteiger charge is -2.09. The molecule has 78 valence electrons. The third kappa shape index (κ3) is 2.60. The molecule has 5 heteroatoms. The Labute approximate surface area is 90.9 Å². The molecule has 0 saturated heterocycles. The van der Waals surface area contributed by atoms with Gasteiger partial charge < -0.3 is 14.7 Å². The van der Waals surface area contributed by atoms with Crippen LogP contribution in [0.25, 0.3) is 0 Å². The first-order valence-corrected chi connectivity index (χ1v) is 4.79. The number of methoxy groups -OCH3 is 1. The molecule has 0 fully saturated rings. The highest BCUT2D eigenvalue weighted by Crippen LogP contribution is 2.33. The number of hydroxylamine groups is 1. The van der Waals surface area contributed by atoms with Gasteiger partial charge in [0.2, 0.25) is 0 Å². The normalized spacial score (nSPS) is 10.2. The summed E-state index contributed by atoms with van der Waals surface area (Å²) in [5.41, 5.74) is 3.35. The van der Waals surface area contributed by atoms with E-state index in [1.165, 1.54) is 14.2 Å². The molecule has 0 aliphatic rings. The smallest absolute Gasteiger partial charge is 0.162 e. The van der Waals surface area contributed by atoms with Crippen LogP contribution in [0.5, 0.6) is 11.5 Å². The summed E-state index contributed by atoms with van der Waals surface area (Å²) in [6, 6.07) is 3.50. The monoisotopic (exact) mass is 261 g/mol. The molecule has 1 aromatic rings. The maximum Gasteiger partial charge on any atom is 0.162 e. The predicted octanol–water partition coefficient (Wildman–Crippen LogP) is 1.81. The summed E-state index contributed by atoms with van der Waals surface area (Å²) in [5, 5.41) is 9.70. The molecule has 0 heterocycles. The summed E-state index contributed by atoms with van der Waals surface area (Å²) < 4.78 is 5.85. The zero-order chi connectivity index (χ0) is 10.6. The Morgan fingerprint density at radius 1 is 1.43 bits per heavy atom. The van der Waals surface area contributed by atoms with Gasteiger partial charge in [-0.2, -0.15) is 5.48 Å². The standard InChI is InChI=1S/C9H12BrNO3/c1-13-8-4-7(10)3-6(9(8)12)5-11-14-2/h3-4,11-12H,5H2,1-2H3. The molecular formula is C9H12BrNO3. The molecule has 0 amide bonds. The van der Waals surface area contributed by atoms with E-state index in [9.17, 15) is 5.11 Å². The minimum absolute atomic E-state index is 0.125. The van der Waals surface area contributed by atoms with Crippen LogP contribution in [0.3, 0.4) is 0 Å². The van der Waals surface area contributed by atoms with Crippen LogP contribution in [-0.2, 0) is 11.4 Å². The number of halogens is 1. The van der Waals surface area contributed by atoms with Crippen LogP contribution < -0.4 is 10.2 Å². The van der Waals surface area contributed by atoms with Gasteiger partial charge in [0.25, 0.3) is 0 Å². The molecule has 0 bridgehead atoms. The molecule has 0 aromatic heterocycles. The highest BCUT2D eigenvalue weighted by atomic mass is 79.9. The highest BCUT2D eigenvalue weighted by Gasteiger charge is 2.08. The zero-order valence-corrected chi connectivity index (χ0v) is 9.59. The Morgan fingerprint density at radius 2 is 2.14 bits per heavy atom. The Bertz CT molecular complexity index is 317. The number of hydrogen-bond acceptors (Lipinski definition) is 4. The molecule has 14 heavy (non-hydrogen) atoms. The largest absolute Gasteiger partial charge is 0.504 e. The number of rotatable bonds is 4. The van der Waals surface area contributed by atoms with E-state index in [1.807, 2.05) is 0 Å². The van der Waals surface area contributed by atoms with Gasteiger partial charge in [-0.3, -0.25) is 0 Å². The van der Waals surface area contributed by atoms with Crippen LogP contribution in [-0.4, -0.2) is 19.3 Å². The fourth-order valence-electron chi connectivity index (χ4n) is 1.07. The molecule has 0 saturated carbocycles. The van der Waals surface area contributed by atoms with E-state index in [-0.39, 0.29) is 5.75 Å². The van der Waals surface area contributed by atoms with Crippen molar-refractivity contribution in [3.63, 3.8) is 0 Å². The summed E-state index contributed by atoms with van der Waals surface area (Å²) in [6.07, 6.45) is 0. The average Bonchev–Trinajstić information content (AvgIpc) is 2.18. The molecule has 0 aliphatic heterocycles. The molecular weight excluding hydrogens is 250 g/mol. The maximum atomic E-state index is 9.70. The number of phenolic OH excluding ortho intramolecular Hbond substituents is 1. The van der Waals surface area contributed by atoms with Gasteiger partial charge in [0.1, 0.15) is 0 Å². The molecule has 4 nitrogen and oxygen atoms in total. The van der Waals surface area contributed by atoms with E-state index in [0.717, 1.165) is 4.47 Å². The van der Waals surface area contributed by atoms with Crippen molar-refractivity contribution in [1.29, 1.82) is 0 Å². The molecule has 0 aliphatic carbocycles. The lowest BCUT2D eigenvalue weighted by molar-refractivity contribution is 0.0860. The maximum absolute atomic E-state index is 9.70. The van der Waals surface area contributed by atoms with Crippen molar-refractivity contribution in [1.82, 2.24) is 5.48 Å². The van der Waals surface area contributed by atoms with E-state index < -0.39 is 0 Å². The van der Waals surface area contributed by atoms with Crippen LogP contribution in [0, 0.1) is 0 Å². The summed E-state index contributed by atoms with van der Waals surface area (Å²) in [7, 11) is 3.03. The summed E-state index contributed by atoms with van der Waals surface area (Å²) in [6.45, 7) is 0.415. The van der Waals surface area contributed by atoms with Crippen molar-refractivity contribution >= 4 is 15.9 Å². The second-order valence-corrected chi connectivity index (χ2v) is 3.56. The van der Waals surface area contributed by atoms with Crippen LogP contribution in [0.1, 0.15) is 5.56 Å². The van der Waals surface area contributed by atoms with Gasteiger partial charge in [-0.05, 0) is 12.1 Å². The molecule has 0 spiro atoms. The van der Waals surface area contributed by atoms with Gasteiger partial charge in [0, 0.05) is 16.6 Å². The van der Waals surface area contributed by atoms with Gasteiger partial charge in [0.15, 0.2) is 11.5 Å². The Morgan fingerprint density at radius 3 is 2.71 bits per heavy atom. The number of aromatic hydroxyl groups is 1. The summed E-state index contributed by atoms with van der Waals surface area (Å²) >= 11 is 3.32. The summed E-state index contributed by atoms with van der Waals surface area (Å²) in [5.74, 6) is 0.563. The Balaban J connectivity index is 2.96. The number of nitrogens with one attached hydrogen (secondary N) is 1. The quantitative estimate of drug-likeness (QED) is 0.812. The molecule has 2 N–H and O–H groups in total. The molecule has 0 unspecified atom stereocenters. The lowest BCUT2D eigenvalue weighted by atomic mass is 10.2. The lowest BCUT2D eigenvalue weighted by Crippen LogP contribution is -2.11. The highest BCUT2D eigenvalue weighted by molar-refractivity contribution is 9.10. The van der Waals surface area contributed by atoms with E-state index in [1.54, 1.807) is 12.1 Å². The van der Waals surface area contributed by atoms with E-state index in [4.69, 9.17) is 9.57 Å². The molecule has 0 atom stereocenters. The van der Waals surface area contributed by atoms with Crippen molar-refractivity contribution in [2.24, 2.45) is 0 Å². The first-order chi connectivity index (χ1) is 6.69. The van der Waals surface area contributed by atoms with Crippen molar-refractivity contribution in [2.75, 3.05) is 14.2 Å². The van der Waals surface area contributed by atoms with Crippen LogP contribution >= 0.6 is 15.9 Å². The second kappa shape index (κ2) is 5.19. The first-order valence-electron chi connectivity index (χ1n) is 4.00. The van der Waals surface area contributed by atoms with Crippen molar-refractivity contribution in [3.05, 3.63) is 22.2 Å². The third-order valence-corrected chi connectivity index (χ3v) is 2.20. The second-order valence-electron chi connectivity index (χ2n) is 2.64.